The minimum atomic E-state index is -4.84. The average molecular weight is 591 g/mol. The van der Waals surface area contributed by atoms with Gasteiger partial charge in [-0.2, -0.15) is 13.2 Å². The summed E-state index contributed by atoms with van der Waals surface area (Å²) in [6.07, 6.45) is -1.89. The first-order valence-corrected chi connectivity index (χ1v) is 13.6. The number of benzene rings is 2. The molecular weight excluding hydrogens is 559 g/mol. The van der Waals surface area contributed by atoms with Crippen LogP contribution in [0.25, 0.3) is 11.1 Å². The second-order valence-corrected chi connectivity index (χ2v) is 10.7. The molecule has 5 rings (SSSR count). The number of morpholine rings is 1. The standard InChI is InChI=1S/C29H31F5N6O2/c1-17-15-40(16-18(2)38(17)3)26-12-24(31)23(20-13-35-28(36-14-20)39-4-6-42-7-5-39)11-25(26)37-27(41)19-8-21(29(32,33)34)10-22(30)9-19/h8-14,17-18H,4-7,15-16H2,1-3H3,(H,37,41)/t17-,18+. The predicted octanol–water partition coefficient (Wildman–Crippen LogP) is 5.06. The Kier molecular flexibility index (Phi) is 8.33. The van der Waals surface area contributed by atoms with Crippen molar-refractivity contribution < 1.29 is 31.5 Å². The Morgan fingerprint density at radius 1 is 0.952 bits per heavy atom. The highest BCUT2D eigenvalue weighted by Gasteiger charge is 2.33. The van der Waals surface area contributed by atoms with Crippen LogP contribution < -0.4 is 15.1 Å². The van der Waals surface area contributed by atoms with E-state index < -0.39 is 34.8 Å². The smallest absolute Gasteiger partial charge is 0.378 e. The highest BCUT2D eigenvalue weighted by atomic mass is 19.4. The normalized spacial score (nSPS) is 20.1. The summed E-state index contributed by atoms with van der Waals surface area (Å²) in [5.41, 5.74) is -0.848. The zero-order chi connectivity index (χ0) is 30.2. The minimum absolute atomic E-state index is 0.0908. The Balaban J connectivity index is 1.52. The molecule has 0 bridgehead atoms. The summed E-state index contributed by atoms with van der Waals surface area (Å²) in [5, 5.41) is 2.61. The number of anilines is 3. The van der Waals surface area contributed by atoms with Crippen molar-refractivity contribution in [1.29, 1.82) is 0 Å². The van der Waals surface area contributed by atoms with E-state index in [1.54, 1.807) is 0 Å². The molecule has 3 heterocycles. The summed E-state index contributed by atoms with van der Waals surface area (Å²) in [7, 11) is 1.99. The van der Waals surface area contributed by atoms with Crippen LogP contribution in [0.15, 0.2) is 42.7 Å². The molecule has 0 aliphatic carbocycles. The minimum Gasteiger partial charge on any atom is -0.378 e. The van der Waals surface area contributed by atoms with Crippen LogP contribution in [-0.4, -0.2) is 79.3 Å². The fraction of sp³-hybridized carbons (Fsp3) is 0.414. The van der Waals surface area contributed by atoms with Crippen LogP contribution in [0, 0.1) is 11.6 Å². The molecule has 1 amide bonds. The summed E-state index contributed by atoms with van der Waals surface area (Å²) in [4.78, 5) is 28.0. The number of carbonyl (C=O) groups is 1. The van der Waals surface area contributed by atoms with Crippen LogP contribution in [0.4, 0.5) is 39.3 Å². The monoisotopic (exact) mass is 590 g/mol. The van der Waals surface area contributed by atoms with Crippen LogP contribution >= 0.6 is 0 Å². The number of hydrogen-bond acceptors (Lipinski definition) is 7. The number of aromatic nitrogens is 2. The van der Waals surface area contributed by atoms with Crippen molar-refractivity contribution in [1.82, 2.24) is 14.9 Å². The third-order valence-electron chi connectivity index (χ3n) is 7.76. The molecule has 0 unspecified atom stereocenters. The molecule has 1 N–H and O–H groups in total. The first-order chi connectivity index (χ1) is 19.9. The first-order valence-electron chi connectivity index (χ1n) is 13.6. The summed E-state index contributed by atoms with van der Waals surface area (Å²) in [6.45, 7) is 7.39. The van der Waals surface area contributed by atoms with Gasteiger partial charge in [-0.25, -0.2) is 18.7 Å². The van der Waals surface area contributed by atoms with E-state index in [-0.39, 0.29) is 23.3 Å². The average Bonchev–Trinajstić information content (AvgIpc) is 2.96. The number of nitrogens with zero attached hydrogens (tertiary/aromatic N) is 5. The van der Waals surface area contributed by atoms with Crippen LogP contribution in [0.3, 0.4) is 0 Å². The number of likely N-dealkylation sites (N-methyl/N-ethyl adjacent to an activating group) is 1. The van der Waals surface area contributed by atoms with E-state index in [1.807, 2.05) is 30.7 Å². The molecule has 2 aliphatic heterocycles. The molecule has 8 nitrogen and oxygen atoms in total. The number of piperazine rings is 1. The number of ether oxygens (including phenoxy) is 1. The summed E-state index contributed by atoms with van der Waals surface area (Å²) < 4.78 is 75.1. The van der Waals surface area contributed by atoms with E-state index >= 15 is 4.39 Å². The molecule has 0 saturated carbocycles. The van der Waals surface area contributed by atoms with Gasteiger partial charge in [0.15, 0.2) is 0 Å². The van der Waals surface area contributed by atoms with E-state index in [0.29, 0.717) is 68.7 Å². The molecule has 3 aromatic rings. The predicted molar refractivity (Wildman–Crippen MR) is 149 cm³/mol. The molecule has 2 saturated heterocycles. The van der Waals surface area contributed by atoms with E-state index in [4.69, 9.17) is 4.74 Å². The van der Waals surface area contributed by atoms with Crippen molar-refractivity contribution in [3.05, 3.63) is 65.5 Å². The lowest BCUT2D eigenvalue weighted by molar-refractivity contribution is -0.137. The summed E-state index contributed by atoms with van der Waals surface area (Å²) in [5.74, 6) is -2.28. The Bertz CT molecular complexity index is 1430. The van der Waals surface area contributed by atoms with E-state index in [0.717, 1.165) is 6.07 Å². The molecule has 2 aliphatic rings. The van der Waals surface area contributed by atoms with Crippen molar-refractivity contribution in [3.8, 4) is 11.1 Å². The molecule has 224 valence electrons. The molecule has 1 aromatic heterocycles. The van der Waals surface area contributed by atoms with Crippen molar-refractivity contribution in [3.63, 3.8) is 0 Å². The van der Waals surface area contributed by atoms with E-state index in [1.165, 1.54) is 24.5 Å². The van der Waals surface area contributed by atoms with Crippen LogP contribution in [0.1, 0.15) is 29.8 Å². The maximum absolute atomic E-state index is 15.7. The number of nitrogens with one attached hydrogen (secondary N) is 1. The molecular formula is C29H31F5N6O2. The molecule has 42 heavy (non-hydrogen) atoms. The topological polar surface area (TPSA) is 73.8 Å². The second kappa shape index (κ2) is 11.8. The van der Waals surface area contributed by atoms with E-state index in [9.17, 15) is 22.4 Å². The van der Waals surface area contributed by atoms with E-state index in [2.05, 4.69) is 20.2 Å². The van der Waals surface area contributed by atoms with Crippen molar-refractivity contribution in [2.75, 3.05) is 61.6 Å². The zero-order valence-corrected chi connectivity index (χ0v) is 23.4. The van der Waals surface area contributed by atoms with Gasteiger partial charge in [-0.1, -0.05) is 0 Å². The molecule has 2 atom stereocenters. The van der Waals surface area contributed by atoms with Crippen LogP contribution in [0.5, 0.6) is 0 Å². The Morgan fingerprint density at radius 3 is 2.21 bits per heavy atom. The van der Waals surface area contributed by atoms with Gasteiger partial charge in [0.1, 0.15) is 11.6 Å². The Hall–Kier alpha value is -3.84. The fourth-order valence-corrected chi connectivity index (χ4v) is 5.21. The van der Waals surface area contributed by atoms with Gasteiger partial charge >= 0.3 is 6.18 Å². The highest BCUT2D eigenvalue weighted by molar-refractivity contribution is 6.06. The number of alkyl halides is 3. The maximum atomic E-state index is 15.7. The number of hydrogen-bond donors (Lipinski definition) is 1. The lowest BCUT2D eigenvalue weighted by atomic mass is 10.0. The molecule has 13 heteroatoms. The summed E-state index contributed by atoms with van der Waals surface area (Å²) >= 11 is 0. The number of carbonyl (C=O) groups excluding carboxylic acids is 1. The lowest BCUT2D eigenvalue weighted by Crippen LogP contribution is -2.55. The first kappa shape index (κ1) is 29.6. The Morgan fingerprint density at radius 2 is 1.60 bits per heavy atom. The van der Waals surface area contributed by atoms with Gasteiger partial charge in [0.05, 0.1) is 30.2 Å². The molecule has 2 fully saturated rings. The van der Waals surface area contributed by atoms with Gasteiger partial charge in [0.25, 0.3) is 5.91 Å². The number of amides is 1. The number of halogens is 5. The fourth-order valence-electron chi connectivity index (χ4n) is 5.21. The second-order valence-electron chi connectivity index (χ2n) is 10.7. The SMILES string of the molecule is C[C@@H]1CN(c2cc(F)c(-c3cnc(N4CCOCC4)nc3)cc2NC(=O)c2cc(F)cc(C(F)(F)F)c2)C[C@H](C)N1C. The molecule has 0 spiro atoms. The van der Waals surface area contributed by atoms with Gasteiger partial charge < -0.3 is 19.9 Å². The third-order valence-corrected chi connectivity index (χ3v) is 7.76. The van der Waals surface area contributed by atoms with Crippen LogP contribution in [0.2, 0.25) is 0 Å². The lowest BCUT2D eigenvalue weighted by Gasteiger charge is -2.44. The largest absolute Gasteiger partial charge is 0.416 e. The van der Waals surface area contributed by atoms with Gasteiger partial charge in [-0.05, 0) is 51.2 Å². The summed E-state index contributed by atoms with van der Waals surface area (Å²) in [6, 6.07) is 4.53. The van der Waals surface area contributed by atoms with Gasteiger partial charge in [-0.3, -0.25) is 9.69 Å². The molecule has 2 aromatic carbocycles. The quantitative estimate of drug-likeness (QED) is 0.417. The van der Waals surface area contributed by atoms with Crippen molar-refractivity contribution in [2.24, 2.45) is 0 Å². The third kappa shape index (κ3) is 6.31. The number of rotatable bonds is 5. The van der Waals surface area contributed by atoms with Crippen LogP contribution in [-0.2, 0) is 10.9 Å². The highest BCUT2D eigenvalue weighted by Crippen LogP contribution is 2.37. The van der Waals surface area contributed by atoms with Gasteiger partial charge in [0.2, 0.25) is 5.95 Å². The zero-order valence-electron chi connectivity index (χ0n) is 23.4. The van der Waals surface area contributed by atoms with Gasteiger partial charge in [0, 0.05) is 67.3 Å². The maximum Gasteiger partial charge on any atom is 0.416 e. The molecule has 0 radical (unpaired) electrons. The Labute approximate surface area is 240 Å². The van der Waals surface area contributed by atoms with Crippen molar-refractivity contribution in [2.45, 2.75) is 32.1 Å². The van der Waals surface area contributed by atoms with Crippen molar-refractivity contribution >= 4 is 23.2 Å². The van der Waals surface area contributed by atoms with Gasteiger partial charge in [-0.15, -0.1) is 0 Å².